The van der Waals surface area contributed by atoms with Crippen molar-refractivity contribution in [1.29, 1.82) is 0 Å². The molecule has 0 bridgehead atoms. The molecule has 0 unspecified atom stereocenters. The first-order chi connectivity index (χ1) is 38.4. The topological polar surface area (TPSA) is 43.4 Å². The van der Waals surface area contributed by atoms with Gasteiger partial charge in [0, 0.05) is 116 Å². The van der Waals surface area contributed by atoms with Crippen molar-refractivity contribution in [3.05, 3.63) is 199 Å². The minimum absolute atomic E-state index is 0. The summed E-state index contributed by atoms with van der Waals surface area (Å²) in [7, 11) is 0. The Hall–Kier alpha value is -7.60. The van der Waals surface area contributed by atoms with E-state index in [0.29, 0.717) is 61.4 Å². The maximum Gasteiger partial charge on any atom is 0.135 e. The Kier molecular flexibility index (Phi) is 9.95. The monoisotopic (exact) mass is 1180 g/mol. The van der Waals surface area contributed by atoms with E-state index in [0.717, 1.165) is 60.8 Å². The van der Waals surface area contributed by atoms with E-state index in [1.165, 1.54) is 20.3 Å². The number of para-hydroxylation sites is 4. The van der Waals surface area contributed by atoms with E-state index in [2.05, 4.69) is 121 Å². The van der Waals surface area contributed by atoms with Gasteiger partial charge in [0.2, 0.25) is 0 Å². The zero-order valence-electron chi connectivity index (χ0n) is 50.1. The van der Waals surface area contributed by atoms with Crippen molar-refractivity contribution in [2.75, 3.05) is 9.80 Å². The molecule has 0 atom stereocenters. The van der Waals surface area contributed by atoms with Crippen molar-refractivity contribution in [2.24, 2.45) is 14.0 Å². The second kappa shape index (κ2) is 17.7. The van der Waals surface area contributed by atoms with Gasteiger partial charge in [0.05, 0.1) is 16.7 Å². The van der Waals surface area contributed by atoms with Gasteiger partial charge in [-0.1, -0.05) is 159 Å². The zero-order valence-corrected chi connectivity index (χ0v) is 46.3. The predicted molar refractivity (Wildman–Crippen MR) is 314 cm³/mol. The van der Waals surface area contributed by atoms with Crippen LogP contribution in [0.5, 0.6) is 11.5 Å². The number of ether oxygens (including phenoxy) is 1. The normalized spacial score (nSPS) is 14.8. The van der Waals surface area contributed by atoms with Crippen LogP contribution in [0.1, 0.15) is 87.2 Å². The number of anilines is 4. The van der Waals surface area contributed by atoms with E-state index in [1.807, 2.05) is 138 Å². The van der Waals surface area contributed by atoms with Gasteiger partial charge < -0.3 is 28.2 Å². The molecule has 12 aromatic rings. The predicted octanol–water partition coefficient (Wildman–Crippen LogP) is 17.8. The van der Waals surface area contributed by atoms with Gasteiger partial charge in [-0.2, -0.15) is 6.07 Å². The molecule has 0 saturated carbocycles. The van der Waals surface area contributed by atoms with Gasteiger partial charge in [0.15, 0.2) is 0 Å². The van der Waals surface area contributed by atoms with Crippen molar-refractivity contribution in [2.45, 2.75) is 78.6 Å². The first-order valence-electron chi connectivity index (χ1n) is 28.7. The van der Waals surface area contributed by atoms with E-state index in [4.69, 9.17) is 9.72 Å². The van der Waals surface area contributed by atoms with Crippen LogP contribution in [0.2, 0.25) is 0 Å². The Morgan fingerprint density at radius 1 is 0.513 bits per heavy atom. The van der Waals surface area contributed by atoms with Gasteiger partial charge >= 0.3 is 0 Å². The molecule has 0 fully saturated rings. The Morgan fingerprint density at radius 3 is 1.74 bits per heavy atom. The summed E-state index contributed by atoms with van der Waals surface area (Å²) in [5, 5.41) is 4.98. The Balaban J connectivity index is 0.00000665. The SMILES string of the molecule is [2H]C([2H])([2H])n1c2ccccc2c2c(-c3ccccc3)c3c4ccccc4n(C([2H])([2H])[2H])c3c(N3[CH-]N(c4[c-]c(Oc5[c-]c6c(cc5)c5cc(C(C)(C)C)ccc5n6-c5cc(C(C)(C)C)ccn5)cc(C(C)(C)C)c4)c4ccccc43)c21.[Pt]. The quantitative estimate of drug-likeness (QED) is 0.156. The van der Waals surface area contributed by atoms with Crippen molar-refractivity contribution in [1.82, 2.24) is 18.7 Å². The van der Waals surface area contributed by atoms with Crippen LogP contribution >= 0.6 is 0 Å². The number of hydrogen-bond donors (Lipinski definition) is 0. The number of nitrogens with zero attached hydrogens (tertiary/aromatic N) is 6. The number of fused-ring (bicyclic) bond motifs is 10. The van der Waals surface area contributed by atoms with Crippen LogP contribution in [-0.4, -0.2) is 18.7 Å². The molecule has 0 radical (unpaired) electrons. The number of rotatable bonds is 6. The van der Waals surface area contributed by atoms with Gasteiger partial charge in [-0.15, -0.1) is 53.6 Å². The summed E-state index contributed by atoms with van der Waals surface area (Å²) in [5.41, 5.74) is 10.5. The fourth-order valence-electron chi connectivity index (χ4n) is 11.2. The number of aromatic nitrogens is 4. The van der Waals surface area contributed by atoms with Gasteiger partial charge in [0.25, 0.3) is 0 Å². The van der Waals surface area contributed by atoms with Crippen molar-refractivity contribution in [3.8, 4) is 28.4 Å². The molecule has 1 aliphatic rings. The molecule has 13 rings (SSSR count). The first-order valence-corrected chi connectivity index (χ1v) is 25.7. The van der Waals surface area contributed by atoms with Crippen LogP contribution in [0.15, 0.2) is 164 Å². The van der Waals surface area contributed by atoms with Crippen LogP contribution in [-0.2, 0) is 51.3 Å². The van der Waals surface area contributed by atoms with Gasteiger partial charge in [-0.25, -0.2) is 4.98 Å². The molecule has 76 heavy (non-hydrogen) atoms. The molecule has 0 saturated heterocycles. The largest absolute Gasteiger partial charge is 0.509 e. The molecule has 0 spiro atoms. The summed E-state index contributed by atoms with van der Waals surface area (Å²) >= 11 is 0. The van der Waals surface area contributed by atoms with Crippen molar-refractivity contribution >= 4 is 88.2 Å². The molecule has 0 N–H and O–H groups in total. The second-order valence-corrected chi connectivity index (χ2v) is 23.1. The van der Waals surface area contributed by atoms with Gasteiger partial charge in [-0.3, -0.25) is 0 Å². The summed E-state index contributed by atoms with van der Waals surface area (Å²) in [5.74, 6) is 1.75. The van der Waals surface area contributed by atoms with Crippen molar-refractivity contribution in [3.63, 3.8) is 0 Å². The Morgan fingerprint density at radius 2 is 1.11 bits per heavy atom. The molecule has 1 aliphatic heterocycles. The third-order valence-electron chi connectivity index (χ3n) is 15.2. The molecule has 7 nitrogen and oxygen atoms in total. The van der Waals surface area contributed by atoms with Crippen LogP contribution in [0.4, 0.5) is 22.7 Å². The Bertz CT molecular complexity index is 4420. The van der Waals surface area contributed by atoms with E-state index in [1.54, 1.807) is 0 Å². The summed E-state index contributed by atoms with van der Waals surface area (Å²) in [4.78, 5) is 8.97. The number of pyridine rings is 1. The fourth-order valence-corrected chi connectivity index (χ4v) is 11.2. The molecule has 0 amide bonds. The van der Waals surface area contributed by atoms with Crippen LogP contribution < -0.4 is 14.5 Å². The van der Waals surface area contributed by atoms with E-state index in [-0.39, 0.29) is 37.3 Å². The standard InChI is InChI=1S/C68H61N6O.Pt/c1-66(2,3)43-29-32-55-52(37-43)49-31-30-47(40-58(49)74(55)59-38-44(33-34-69-59)67(4,5)6)75-48-36-45(68(7,8)9)35-46(39-48)72-41-73(57-28-20-19-27-56(57)72)65-63-61(50-23-15-17-25-53(50)70(63)10)60(42-21-13-12-14-22-42)62-51-24-16-18-26-54(51)71(11)64(62)65;/h12-38,41H,1-11H3;/q-3;/i10D3,11D3;. The van der Waals surface area contributed by atoms with E-state index < -0.39 is 14.0 Å². The number of hydrogen-bond acceptors (Lipinski definition) is 4. The number of benzene rings is 8. The molecule has 8 aromatic carbocycles. The van der Waals surface area contributed by atoms with Crippen LogP contribution in [0.3, 0.4) is 0 Å². The second-order valence-electron chi connectivity index (χ2n) is 23.1. The minimum Gasteiger partial charge on any atom is -0.509 e. The summed E-state index contributed by atoms with van der Waals surface area (Å²) in [6, 6.07) is 59.4. The average molecular weight is 1180 g/mol. The zero-order chi connectivity index (χ0) is 56.9. The van der Waals surface area contributed by atoms with Crippen LogP contribution in [0.25, 0.3) is 82.4 Å². The minimum atomic E-state index is -2.70. The molecule has 0 aliphatic carbocycles. The van der Waals surface area contributed by atoms with Crippen molar-refractivity contribution < 1.29 is 34.0 Å². The smallest absolute Gasteiger partial charge is 0.135 e. The van der Waals surface area contributed by atoms with Crippen LogP contribution in [0, 0.1) is 18.8 Å². The van der Waals surface area contributed by atoms with E-state index in [9.17, 15) is 8.22 Å². The fraction of sp³-hybridized carbons (Fsp3) is 0.206. The average Bonchev–Trinajstić information content (AvgIpc) is 3.14. The molecular formula is C68H61N6OPt-3. The first kappa shape index (κ1) is 42.6. The molecule has 5 heterocycles. The summed E-state index contributed by atoms with van der Waals surface area (Å²) in [6.45, 7) is 16.3. The molecule has 8 heteroatoms. The molecule has 4 aromatic heterocycles. The molecule has 382 valence electrons. The third kappa shape index (κ3) is 7.75. The summed E-state index contributed by atoms with van der Waals surface area (Å²) < 4.78 is 67.9. The van der Waals surface area contributed by atoms with Gasteiger partial charge in [0.1, 0.15) is 5.82 Å². The van der Waals surface area contributed by atoms with E-state index >= 15 is 0 Å². The number of aryl methyl sites for hydroxylation is 2. The third-order valence-corrected chi connectivity index (χ3v) is 15.2. The molecular weight excluding hydrogens is 1110 g/mol. The maximum atomic E-state index is 9.31. The summed E-state index contributed by atoms with van der Waals surface area (Å²) in [6.07, 6.45) is 1.88. The van der Waals surface area contributed by atoms with Gasteiger partial charge in [-0.05, 0) is 80.8 Å². The Labute approximate surface area is 468 Å². The maximum absolute atomic E-state index is 9.31.